The van der Waals surface area contributed by atoms with E-state index in [2.05, 4.69) is 54.5 Å². The van der Waals surface area contributed by atoms with Gasteiger partial charge in [0.15, 0.2) is 0 Å². The molecule has 2 aromatic carbocycles. The van der Waals surface area contributed by atoms with Crippen molar-refractivity contribution in [2.75, 3.05) is 14.1 Å². The summed E-state index contributed by atoms with van der Waals surface area (Å²) >= 11 is 6.09. The van der Waals surface area contributed by atoms with Crippen molar-refractivity contribution >= 4 is 11.6 Å². The van der Waals surface area contributed by atoms with Crippen LogP contribution >= 0.6 is 11.6 Å². The Morgan fingerprint density at radius 1 is 1.10 bits per heavy atom. The molecule has 0 aromatic heterocycles. The number of nitrogens with zero attached hydrogens (tertiary/aromatic N) is 1. The summed E-state index contributed by atoms with van der Waals surface area (Å²) in [6.45, 7) is 4.04. The molecule has 1 unspecified atom stereocenters. The zero-order valence-electron chi connectivity index (χ0n) is 12.9. The van der Waals surface area contributed by atoms with Gasteiger partial charge >= 0.3 is 0 Å². The van der Waals surface area contributed by atoms with Gasteiger partial charge in [0.05, 0.1) is 0 Å². The maximum atomic E-state index is 6.09. The number of halogens is 1. The Labute approximate surface area is 132 Å². The Kier molecular flexibility index (Phi) is 5.80. The van der Waals surface area contributed by atoms with E-state index >= 15 is 0 Å². The lowest BCUT2D eigenvalue weighted by atomic mass is 10.0. The number of rotatable bonds is 6. The second-order valence-electron chi connectivity index (χ2n) is 5.45. The summed E-state index contributed by atoms with van der Waals surface area (Å²) in [5.41, 5.74) is 3.96. The molecule has 0 amide bonds. The fourth-order valence-corrected chi connectivity index (χ4v) is 2.70. The molecule has 0 aliphatic heterocycles. The van der Waals surface area contributed by atoms with Gasteiger partial charge in [-0.25, -0.2) is 0 Å². The summed E-state index contributed by atoms with van der Waals surface area (Å²) in [6, 6.07) is 17.0. The zero-order chi connectivity index (χ0) is 15.2. The Morgan fingerprint density at radius 2 is 1.81 bits per heavy atom. The first-order chi connectivity index (χ1) is 10.1. The largest absolute Gasteiger partial charge is 0.316 e. The van der Waals surface area contributed by atoms with E-state index < -0.39 is 0 Å². The van der Waals surface area contributed by atoms with Crippen LogP contribution in [0.3, 0.4) is 0 Å². The number of hydrogen-bond acceptors (Lipinski definition) is 2. The Morgan fingerprint density at radius 3 is 2.48 bits per heavy atom. The van der Waals surface area contributed by atoms with Gasteiger partial charge < -0.3 is 5.32 Å². The van der Waals surface area contributed by atoms with E-state index in [0.29, 0.717) is 6.04 Å². The second kappa shape index (κ2) is 7.60. The molecule has 3 heteroatoms. The standard InChI is InChI=1S/C18H23ClN2/c1-14(15-9-6-10-18(19)11-15)21(3)13-17-8-5-4-7-16(17)12-20-2/h4-11,14,20H,12-13H2,1-3H3. The normalized spacial score (nSPS) is 12.6. The number of hydrogen-bond donors (Lipinski definition) is 1. The molecule has 0 spiro atoms. The van der Waals surface area contributed by atoms with Crippen molar-refractivity contribution in [3.63, 3.8) is 0 Å². The highest BCUT2D eigenvalue weighted by molar-refractivity contribution is 6.30. The van der Waals surface area contributed by atoms with E-state index in [-0.39, 0.29) is 0 Å². The van der Waals surface area contributed by atoms with Crippen LogP contribution in [0.15, 0.2) is 48.5 Å². The number of benzene rings is 2. The van der Waals surface area contributed by atoms with Crippen molar-refractivity contribution in [1.82, 2.24) is 10.2 Å². The monoisotopic (exact) mass is 302 g/mol. The lowest BCUT2D eigenvalue weighted by Gasteiger charge is -2.26. The molecule has 1 N–H and O–H groups in total. The topological polar surface area (TPSA) is 15.3 Å². The highest BCUT2D eigenvalue weighted by Gasteiger charge is 2.13. The summed E-state index contributed by atoms with van der Waals surface area (Å²) in [6.07, 6.45) is 0. The molecule has 0 aliphatic rings. The maximum Gasteiger partial charge on any atom is 0.0409 e. The third-order valence-corrected chi connectivity index (χ3v) is 4.13. The molecule has 2 nitrogen and oxygen atoms in total. The minimum absolute atomic E-state index is 0.325. The third-order valence-electron chi connectivity index (χ3n) is 3.90. The van der Waals surface area contributed by atoms with E-state index in [1.807, 2.05) is 25.2 Å². The first-order valence-electron chi connectivity index (χ1n) is 7.29. The van der Waals surface area contributed by atoms with E-state index in [1.54, 1.807) is 0 Å². The predicted octanol–water partition coefficient (Wildman–Crippen LogP) is 4.25. The van der Waals surface area contributed by atoms with Crippen LogP contribution in [-0.2, 0) is 13.1 Å². The average Bonchev–Trinajstić information content (AvgIpc) is 2.48. The van der Waals surface area contributed by atoms with Gasteiger partial charge in [-0.2, -0.15) is 0 Å². The van der Waals surface area contributed by atoms with E-state index in [1.165, 1.54) is 16.7 Å². The lowest BCUT2D eigenvalue weighted by Crippen LogP contribution is -2.23. The minimum Gasteiger partial charge on any atom is -0.316 e. The van der Waals surface area contributed by atoms with Gasteiger partial charge in [0.2, 0.25) is 0 Å². The van der Waals surface area contributed by atoms with Crippen molar-refractivity contribution in [3.05, 3.63) is 70.2 Å². The molecule has 0 saturated carbocycles. The number of nitrogens with one attached hydrogen (secondary N) is 1. The summed E-state index contributed by atoms with van der Waals surface area (Å²) in [5.74, 6) is 0. The molecule has 0 bridgehead atoms. The summed E-state index contributed by atoms with van der Waals surface area (Å²) in [5, 5.41) is 4.02. The smallest absolute Gasteiger partial charge is 0.0409 e. The molecule has 112 valence electrons. The SMILES string of the molecule is CNCc1ccccc1CN(C)C(C)c1cccc(Cl)c1. The van der Waals surface area contributed by atoms with E-state index in [9.17, 15) is 0 Å². The predicted molar refractivity (Wildman–Crippen MR) is 90.5 cm³/mol. The van der Waals surface area contributed by atoms with Gasteiger partial charge in [-0.05, 0) is 49.8 Å². The Balaban J connectivity index is 2.12. The Bertz CT molecular complexity index is 583. The van der Waals surface area contributed by atoms with Gasteiger partial charge in [-0.15, -0.1) is 0 Å². The van der Waals surface area contributed by atoms with Crippen molar-refractivity contribution in [3.8, 4) is 0 Å². The van der Waals surface area contributed by atoms with Gasteiger partial charge in [0.1, 0.15) is 0 Å². The molecular formula is C18H23ClN2. The van der Waals surface area contributed by atoms with Crippen LogP contribution in [0, 0.1) is 0 Å². The van der Waals surface area contributed by atoms with Crippen molar-refractivity contribution in [2.24, 2.45) is 0 Å². The molecule has 2 aromatic rings. The van der Waals surface area contributed by atoms with Crippen LogP contribution in [0.2, 0.25) is 5.02 Å². The first-order valence-corrected chi connectivity index (χ1v) is 7.66. The molecule has 0 heterocycles. The quantitative estimate of drug-likeness (QED) is 0.858. The molecular weight excluding hydrogens is 280 g/mol. The van der Waals surface area contributed by atoms with Crippen LogP contribution < -0.4 is 5.32 Å². The average molecular weight is 303 g/mol. The van der Waals surface area contributed by atoms with Crippen LogP contribution in [0.25, 0.3) is 0 Å². The molecule has 0 fully saturated rings. The highest BCUT2D eigenvalue weighted by Crippen LogP contribution is 2.24. The van der Waals surface area contributed by atoms with Gasteiger partial charge in [0, 0.05) is 24.2 Å². The van der Waals surface area contributed by atoms with Crippen LogP contribution in [-0.4, -0.2) is 19.0 Å². The molecule has 0 aliphatic carbocycles. The van der Waals surface area contributed by atoms with Crippen molar-refractivity contribution in [2.45, 2.75) is 26.1 Å². The fraction of sp³-hybridized carbons (Fsp3) is 0.333. The molecule has 0 radical (unpaired) electrons. The van der Waals surface area contributed by atoms with Crippen molar-refractivity contribution < 1.29 is 0 Å². The van der Waals surface area contributed by atoms with E-state index in [4.69, 9.17) is 11.6 Å². The zero-order valence-corrected chi connectivity index (χ0v) is 13.7. The summed E-state index contributed by atoms with van der Waals surface area (Å²) < 4.78 is 0. The molecule has 2 rings (SSSR count). The lowest BCUT2D eigenvalue weighted by molar-refractivity contribution is 0.252. The van der Waals surface area contributed by atoms with E-state index in [0.717, 1.165) is 18.1 Å². The molecule has 21 heavy (non-hydrogen) atoms. The molecule has 0 saturated heterocycles. The second-order valence-corrected chi connectivity index (χ2v) is 5.88. The maximum absolute atomic E-state index is 6.09. The summed E-state index contributed by atoms with van der Waals surface area (Å²) in [4.78, 5) is 2.35. The van der Waals surface area contributed by atoms with Crippen molar-refractivity contribution in [1.29, 1.82) is 0 Å². The van der Waals surface area contributed by atoms with Gasteiger partial charge in [0.25, 0.3) is 0 Å². The van der Waals surface area contributed by atoms with Crippen LogP contribution in [0.5, 0.6) is 0 Å². The van der Waals surface area contributed by atoms with Crippen LogP contribution in [0.4, 0.5) is 0 Å². The Hall–Kier alpha value is -1.35. The van der Waals surface area contributed by atoms with Gasteiger partial charge in [-0.1, -0.05) is 48.0 Å². The summed E-state index contributed by atoms with van der Waals surface area (Å²) in [7, 11) is 4.14. The van der Waals surface area contributed by atoms with Crippen LogP contribution in [0.1, 0.15) is 29.7 Å². The highest BCUT2D eigenvalue weighted by atomic mass is 35.5. The minimum atomic E-state index is 0.325. The fourth-order valence-electron chi connectivity index (χ4n) is 2.50. The first kappa shape index (κ1) is 16.0. The third kappa shape index (κ3) is 4.31. The molecule has 1 atom stereocenters. The van der Waals surface area contributed by atoms with Gasteiger partial charge in [-0.3, -0.25) is 4.90 Å².